The van der Waals surface area contributed by atoms with Crippen molar-refractivity contribution in [3.63, 3.8) is 0 Å². The minimum Gasteiger partial charge on any atom is -1.00 e. The van der Waals surface area contributed by atoms with Crippen LogP contribution >= 0.6 is 0 Å². The zero-order valence-electron chi connectivity index (χ0n) is 19.8. The van der Waals surface area contributed by atoms with Crippen molar-refractivity contribution in [1.29, 1.82) is 0 Å². The predicted molar refractivity (Wildman–Crippen MR) is 135 cm³/mol. The van der Waals surface area contributed by atoms with Crippen molar-refractivity contribution in [1.82, 2.24) is 0 Å². The van der Waals surface area contributed by atoms with Crippen LogP contribution in [0.25, 0.3) is 21.5 Å². The maximum Gasteiger partial charge on any atom is -1.00 e. The number of rotatable bonds is 1. The van der Waals surface area contributed by atoms with E-state index in [0.29, 0.717) is 0 Å². The Morgan fingerprint density at radius 1 is 0.676 bits per heavy atom. The first-order chi connectivity index (χ1) is 15.6. The molecule has 2 aliphatic rings. The number of allylic oxidation sites excluding steroid dienone is 2. The average Bonchev–Trinajstić information content (AvgIpc) is 3.41. The van der Waals surface area contributed by atoms with Gasteiger partial charge >= 0.3 is 42.5 Å². The van der Waals surface area contributed by atoms with Crippen LogP contribution in [0.3, 0.4) is 0 Å². The van der Waals surface area contributed by atoms with E-state index in [9.17, 15) is 0 Å². The monoisotopic (exact) mass is 575 g/mol. The molecule has 4 aromatic rings. The largest absolute Gasteiger partial charge is 1.00 e. The first kappa shape index (κ1) is 28.8. The van der Waals surface area contributed by atoms with Crippen LogP contribution in [0.5, 0.6) is 0 Å². The van der Waals surface area contributed by atoms with Gasteiger partial charge in [-0.2, -0.15) is 35.4 Å². The summed E-state index contributed by atoms with van der Waals surface area (Å²) in [5.74, 6) is 0. The van der Waals surface area contributed by atoms with Crippen molar-refractivity contribution in [3.8, 4) is 0 Å². The fourth-order valence-corrected chi connectivity index (χ4v) is 4.37. The van der Waals surface area contributed by atoms with Crippen LogP contribution in [0.15, 0.2) is 83.9 Å². The summed E-state index contributed by atoms with van der Waals surface area (Å²) in [5, 5.41) is 5.44. The van der Waals surface area contributed by atoms with E-state index in [2.05, 4.69) is 106 Å². The number of hydrogen-bond acceptors (Lipinski definition) is 0. The SMILES string of the molecule is CC1=[C-]c2ccc3ccccc3c2C1.CC1=[C-]c2ccc3ccccc3c2C1.CC[Si]=[Zr+2].[Cl-].[Cl-]. The molecule has 0 amide bonds. The fraction of sp³-hybridized carbons (Fsp3) is 0.200. The molecule has 0 atom stereocenters. The molecule has 0 heterocycles. The third-order valence-corrected chi connectivity index (χ3v) is 8.80. The Morgan fingerprint density at radius 3 is 1.44 bits per heavy atom. The van der Waals surface area contributed by atoms with Crippen LogP contribution in [-0.4, -0.2) is 6.16 Å². The van der Waals surface area contributed by atoms with Gasteiger partial charge in [0.25, 0.3) is 0 Å². The van der Waals surface area contributed by atoms with Gasteiger partial charge in [0.1, 0.15) is 0 Å². The van der Waals surface area contributed by atoms with Gasteiger partial charge in [-0.3, -0.25) is 0 Å². The Morgan fingerprint density at radius 2 is 1.06 bits per heavy atom. The molecule has 0 saturated carbocycles. The molecule has 171 valence electrons. The van der Waals surface area contributed by atoms with Crippen LogP contribution in [-0.2, 0) is 36.2 Å². The van der Waals surface area contributed by atoms with Gasteiger partial charge < -0.3 is 24.8 Å². The summed E-state index contributed by atoms with van der Waals surface area (Å²) < 4.78 is 0. The number of hydrogen-bond donors (Lipinski definition) is 0. The summed E-state index contributed by atoms with van der Waals surface area (Å²) in [4.78, 5) is 0. The molecule has 0 spiro atoms. The molecule has 0 saturated heterocycles. The fourth-order valence-electron chi connectivity index (χ4n) is 4.37. The predicted octanol–water partition coefficient (Wildman–Crippen LogP) is 1.59. The molecular weight excluding hydrogens is 551 g/mol. The molecule has 0 aromatic heterocycles. The van der Waals surface area contributed by atoms with E-state index in [1.165, 1.54) is 67.1 Å². The Balaban J connectivity index is 0.000000198. The Hall–Kier alpha value is -1.44. The Labute approximate surface area is 232 Å². The van der Waals surface area contributed by atoms with Crippen molar-refractivity contribution in [2.24, 2.45) is 0 Å². The van der Waals surface area contributed by atoms with Gasteiger partial charge in [-0.15, -0.1) is 34.4 Å². The minimum atomic E-state index is 0. The second-order valence-electron chi connectivity index (χ2n) is 8.32. The third-order valence-electron chi connectivity index (χ3n) is 5.84. The molecular formula is C30H27Cl2SiZr-2. The van der Waals surface area contributed by atoms with Crippen LogP contribution in [0.2, 0.25) is 6.04 Å². The van der Waals surface area contributed by atoms with Crippen LogP contribution in [0.4, 0.5) is 0 Å². The van der Waals surface area contributed by atoms with Gasteiger partial charge in [0.15, 0.2) is 0 Å². The molecule has 0 aliphatic heterocycles. The second kappa shape index (κ2) is 13.6. The van der Waals surface area contributed by atoms with E-state index in [-0.39, 0.29) is 24.8 Å². The van der Waals surface area contributed by atoms with Gasteiger partial charge in [0.2, 0.25) is 0 Å². The van der Waals surface area contributed by atoms with Crippen molar-refractivity contribution < 1.29 is 48.1 Å². The maximum atomic E-state index is 3.41. The first-order valence-corrected chi connectivity index (χ1v) is 16.1. The Kier molecular flexibility index (Phi) is 11.5. The first-order valence-electron chi connectivity index (χ1n) is 11.2. The number of halogens is 2. The van der Waals surface area contributed by atoms with Gasteiger partial charge in [-0.25, -0.2) is 0 Å². The molecule has 0 bridgehead atoms. The summed E-state index contributed by atoms with van der Waals surface area (Å²) >= 11 is 1.70. The summed E-state index contributed by atoms with van der Waals surface area (Å²) in [5.41, 5.74) is 8.14. The second-order valence-corrected chi connectivity index (χ2v) is 12.0. The van der Waals surface area contributed by atoms with Crippen LogP contribution in [0.1, 0.15) is 43.0 Å². The van der Waals surface area contributed by atoms with E-state index in [1.807, 2.05) is 0 Å². The zero-order valence-corrected chi connectivity index (χ0v) is 24.8. The molecule has 6 rings (SSSR count). The quantitative estimate of drug-likeness (QED) is 0.238. The molecule has 1 radical (unpaired) electrons. The molecule has 0 unspecified atom stereocenters. The normalized spacial score (nSPS) is 12.5. The van der Waals surface area contributed by atoms with Gasteiger partial charge in [0, 0.05) is 0 Å². The number of fused-ring (bicyclic) bond motifs is 6. The van der Waals surface area contributed by atoms with Crippen LogP contribution < -0.4 is 24.8 Å². The Bertz CT molecular complexity index is 1250. The number of benzene rings is 4. The summed E-state index contributed by atoms with van der Waals surface area (Å²) in [7, 11) is 0. The zero-order chi connectivity index (χ0) is 22.5. The van der Waals surface area contributed by atoms with Gasteiger partial charge in [0.05, 0.1) is 0 Å². The molecule has 0 fully saturated rings. The smallest absolute Gasteiger partial charge is 1.00 e. The van der Waals surface area contributed by atoms with Gasteiger partial charge in [-0.05, 0) is 10.8 Å². The molecule has 0 nitrogen and oxygen atoms in total. The van der Waals surface area contributed by atoms with E-state index < -0.39 is 0 Å². The summed E-state index contributed by atoms with van der Waals surface area (Å²) in [6, 6.07) is 27.2. The van der Waals surface area contributed by atoms with E-state index >= 15 is 0 Å². The van der Waals surface area contributed by atoms with Crippen molar-refractivity contribution >= 4 is 27.7 Å². The molecule has 4 heteroatoms. The molecule has 4 aromatic carbocycles. The van der Waals surface area contributed by atoms with Crippen molar-refractivity contribution in [2.75, 3.05) is 0 Å². The van der Waals surface area contributed by atoms with Crippen LogP contribution in [0, 0.1) is 12.2 Å². The topological polar surface area (TPSA) is 0 Å². The third kappa shape index (κ3) is 6.61. The van der Waals surface area contributed by atoms with E-state index in [0.717, 1.165) is 12.8 Å². The van der Waals surface area contributed by atoms with E-state index in [1.54, 1.807) is 23.3 Å². The van der Waals surface area contributed by atoms with Gasteiger partial charge in [-0.1, -0.05) is 86.0 Å². The summed E-state index contributed by atoms with van der Waals surface area (Å²) in [6.45, 7) is 6.51. The van der Waals surface area contributed by atoms with Crippen molar-refractivity contribution in [3.05, 3.63) is 118 Å². The summed E-state index contributed by atoms with van der Waals surface area (Å²) in [6.07, 6.45) is 10.2. The van der Waals surface area contributed by atoms with Crippen molar-refractivity contribution in [2.45, 2.75) is 39.7 Å². The standard InChI is InChI=1S/2C14H11.C2H5Si.2ClH.Zr/c2*1-10-8-12-7-6-11-4-2-3-5-13(11)14(12)9-10;1-2-3;;;/h2*2-7H,9H2,1H3;2H2,1H3;2*1H;/q2*-1;;;;+2/p-2. The maximum absolute atomic E-state index is 3.41. The molecule has 34 heavy (non-hydrogen) atoms. The van der Waals surface area contributed by atoms with E-state index in [4.69, 9.17) is 0 Å². The molecule has 0 N–H and O–H groups in total. The molecule has 2 aliphatic carbocycles. The average molecular weight is 578 g/mol. The minimum absolute atomic E-state index is 0.